The van der Waals surface area contributed by atoms with E-state index in [-0.39, 0.29) is 0 Å². The molecule has 3 aromatic heterocycles. The predicted octanol–water partition coefficient (Wildman–Crippen LogP) is 0.254. The minimum absolute atomic E-state index is 0.296. The zero-order chi connectivity index (χ0) is 15.3. The lowest BCUT2D eigenvalue weighted by atomic mass is 10.5. The minimum Gasteiger partial charge on any atom is -0.317 e. The number of fused-ring (bicyclic) bond motifs is 1. The van der Waals surface area contributed by atoms with Gasteiger partial charge in [0.15, 0.2) is 11.2 Å². The molecule has 0 saturated carbocycles. The van der Waals surface area contributed by atoms with Crippen molar-refractivity contribution in [3.8, 4) is 0 Å². The Balaban J connectivity index is 2.19. The summed E-state index contributed by atoms with van der Waals surface area (Å²) >= 11 is 0. The average molecular weight is 288 g/mol. The molecule has 3 aromatic rings. The van der Waals surface area contributed by atoms with Crippen LogP contribution in [0, 0.1) is 13.8 Å². The Morgan fingerprint density at radius 2 is 1.71 bits per heavy atom. The van der Waals surface area contributed by atoms with Crippen molar-refractivity contribution in [3.05, 3.63) is 44.4 Å². The summed E-state index contributed by atoms with van der Waals surface area (Å²) in [7, 11) is 3.03. The van der Waals surface area contributed by atoms with Crippen LogP contribution in [0.25, 0.3) is 11.2 Å². The number of H-pyrrole nitrogens is 1. The summed E-state index contributed by atoms with van der Waals surface area (Å²) in [6.07, 6.45) is 0. The van der Waals surface area contributed by atoms with E-state index in [2.05, 4.69) is 15.4 Å². The molecule has 0 aliphatic carbocycles. The molecule has 110 valence electrons. The smallest absolute Gasteiger partial charge is 0.317 e. The van der Waals surface area contributed by atoms with Gasteiger partial charge in [-0.15, -0.1) is 0 Å². The molecular formula is C13H16N6O2. The first kappa shape index (κ1) is 13.2. The molecule has 8 nitrogen and oxygen atoms in total. The van der Waals surface area contributed by atoms with Gasteiger partial charge in [0.05, 0.1) is 0 Å². The number of anilines is 1. The van der Waals surface area contributed by atoms with Gasteiger partial charge in [0.1, 0.15) is 0 Å². The summed E-state index contributed by atoms with van der Waals surface area (Å²) in [6.45, 7) is 3.91. The summed E-state index contributed by atoms with van der Waals surface area (Å²) in [5.74, 6) is 0.408. The van der Waals surface area contributed by atoms with Gasteiger partial charge >= 0.3 is 5.69 Å². The van der Waals surface area contributed by atoms with Gasteiger partial charge in [-0.3, -0.25) is 24.0 Å². The second-order valence-corrected chi connectivity index (χ2v) is 5.05. The zero-order valence-electron chi connectivity index (χ0n) is 12.3. The Bertz CT molecular complexity index is 936. The Kier molecular flexibility index (Phi) is 2.75. The first-order chi connectivity index (χ1) is 9.90. The molecule has 0 aliphatic heterocycles. The van der Waals surface area contributed by atoms with Crippen LogP contribution in [-0.4, -0.2) is 23.8 Å². The van der Waals surface area contributed by atoms with Crippen LogP contribution in [0.3, 0.4) is 0 Å². The highest BCUT2D eigenvalue weighted by Crippen LogP contribution is 2.11. The fourth-order valence-electron chi connectivity index (χ4n) is 2.33. The third kappa shape index (κ3) is 1.87. The molecule has 3 heterocycles. The fourth-order valence-corrected chi connectivity index (χ4v) is 2.33. The maximum atomic E-state index is 12.1. The molecule has 21 heavy (non-hydrogen) atoms. The van der Waals surface area contributed by atoms with E-state index in [1.165, 1.54) is 11.6 Å². The van der Waals surface area contributed by atoms with Gasteiger partial charge in [-0.05, 0) is 26.0 Å². The van der Waals surface area contributed by atoms with Gasteiger partial charge in [0, 0.05) is 25.5 Å². The summed E-state index contributed by atoms with van der Waals surface area (Å²) in [4.78, 5) is 31.2. The van der Waals surface area contributed by atoms with E-state index >= 15 is 0 Å². The molecule has 0 atom stereocenters. The maximum Gasteiger partial charge on any atom is 0.332 e. The van der Waals surface area contributed by atoms with Crippen LogP contribution >= 0.6 is 0 Å². The van der Waals surface area contributed by atoms with E-state index in [1.807, 2.05) is 30.7 Å². The highest BCUT2D eigenvalue weighted by atomic mass is 16.2. The predicted molar refractivity (Wildman–Crippen MR) is 79.5 cm³/mol. The summed E-state index contributed by atoms with van der Waals surface area (Å²) < 4.78 is 4.24. The summed E-state index contributed by atoms with van der Waals surface area (Å²) in [5.41, 5.74) is 4.93. The normalized spacial score (nSPS) is 11.2. The quantitative estimate of drug-likeness (QED) is 0.707. The second kappa shape index (κ2) is 4.37. The van der Waals surface area contributed by atoms with Gasteiger partial charge in [-0.2, -0.15) is 4.98 Å². The highest BCUT2D eigenvalue weighted by molar-refractivity contribution is 5.72. The number of rotatable bonds is 2. The van der Waals surface area contributed by atoms with Crippen molar-refractivity contribution < 1.29 is 0 Å². The monoisotopic (exact) mass is 288 g/mol. The van der Waals surface area contributed by atoms with Crippen LogP contribution in [0.2, 0.25) is 0 Å². The highest BCUT2D eigenvalue weighted by Gasteiger charge is 2.14. The molecule has 0 aromatic carbocycles. The van der Waals surface area contributed by atoms with E-state index in [0.29, 0.717) is 17.1 Å². The Hall–Kier alpha value is -2.77. The van der Waals surface area contributed by atoms with Gasteiger partial charge in [-0.1, -0.05) is 0 Å². The summed E-state index contributed by atoms with van der Waals surface area (Å²) in [6, 6.07) is 3.94. The molecule has 0 amide bonds. The van der Waals surface area contributed by atoms with Crippen LogP contribution < -0.4 is 16.7 Å². The van der Waals surface area contributed by atoms with E-state index < -0.39 is 11.2 Å². The number of nitrogens with zero attached hydrogens (tertiary/aromatic N) is 4. The maximum absolute atomic E-state index is 12.1. The standard InChI is InChI=1S/C13H16N6O2/c1-7-5-6-8(2)19(7)16-12-14-9-10(15-12)17(3)13(21)18(4)11(9)20/h5-6H,1-4H3,(H2,14,15,16). The second-order valence-electron chi connectivity index (χ2n) is 5.05. The Labute approximate surface area is 119 Å². The van der Waals surface area contributed by atoms with Gasteiger partial charge in [0.25, 0.3) is 5.56 Å². The van der Waals surface area contributed by atoms with Crippen LogP contribution in [0.4, 0.5) is 5.95 Å². The molecule has 8 heteroatoms. The molecule has 0 saturated heterocycles. The van der Waals surface area contributed by atoms with Gasteiger partial charge in [0.2, 0.25) is 5.95 Å². The van der Waals surface area contributed by atoms with Crippen molar-refractivity contribution in [1.29, 1.82) is 0 Å². The Morgan fingerprint density at radius 3 is 2.33 bits per heavy atom. The molecule has 0 spiro atoms. The molecule has 0 fully saturated rings. The number of hydrogen-bond acceptors (Lipinski definition) is 4. The summed E-state index contributed by atoms with van der Waals surface area (Å²) in [5, 5.41) is 0. The number of nitrogens with one attached hydrogen (secondary N) is 2. The topological polar surface area (TPSA) is 89.6 Å². The Morgan fingerprint density at radius 1 is 1.10 bits per heavy atom. The average Bonchev–Trinajstić information content (AvgIpc) is 3.02. The number of aromatic nitrogens is 5. The van der Waals surface area contributed by atoms with Crippen LogP contribution in [-0.2, 0) is 14.1 Å². The number of aromatic amines is 1. The SMILES string of the molecule is Cc1ccc(C)n1Nc1nc2c([nH]1)c(=O)n(C)c(=O)n2C. The van der Waals surface area contributed by atoms with Crippen molar-refractivity contribution >= 4 is 17.1 Å². The lowest BCUT2D eigenvalue weighted by Crippen LogP contribution is -2.36. The van der Waals surface area contributed by atoms with E-state index in [0.717, 1.165) is 16.0 Å². The zero-order valence-corrected chi connectivity index (χ0v) is 12.3. The molecule has 0 radical (unpaired) electrons. The fraction of sp³-hybridized carbons (Fsp3) is 0.308. The van der Waals surface area contributed by atoms with Crippen LogP contribution in [0.1, 0.15) is 11.4 Å². The van der Waals surface area contributed by atoms with Crippen molar-refractivity contribution in [1.82, 2.24) is 23.8 Å². The number of hydrogen-bond donors (Lipinski definition) is 2. The van der Waals surface area contributed by atoms with Crippen molar-refractivity contribution in [3.63, 3.8) is 0 Å². The molecule has 3 rings (SSSR count). The van der Waals surface area contributed by atoms with E-state index in [4.69, 9.17) is 0 Å². The lowest BCUT2D eigenvalue weighted by molar-refractivity contribution is 0.708. The van der Waals surface area contributed by atoms with E-state index in [1.54, 1.807) is 7.05 Å². The first-order valence-corrected chi connectivity index (χ1v) is 6.48. The van der Waals surface area contributed by atoms with Gasteiger partial charge < -0.3 is 4.98 Å². The first-order valence-electron chi connectivity index (χ1n) is 6.48. The van der Waals surface area contributed by atoms with Crippen molar-refractivity contribution in [2.24, 2.45) is 14.1 Å². The third-order valence-corrected chi connectivity index (χ3v) is 3.58. The van der Waals surface area contributed by atoms with Crippen molar-refractivity contribution in [2.45, 2.75) is 13.8 Å². The lowest BCUT2D eigenvalue weighted by Gasteiger charge is -2.09. The van der Waals surface area contributed by atoms with Crippen LogP contribution in [0.5, 0.6) is 0 Å². The molecule has 0 unspecified atom stereocenters. The largest absolute Gasteiger partial charge is 0.332 e. The van der Waals surface area contributed by atoms with E-state index in [9.17, 15) is 9.59 Å². The number of aryl methyl sites for hydroxylation is 3. The minimum atomic E-state index is -0.404. The number of imidazole rings is 1. The molecular weight excluding hydrogens is 272 g/mol. The molecule has 2 N–H and O–H groups in total. The molecule has 0 aliphatic rings. The third-order valence-electron chi connectivity index (χ3n) is 3.58. The van der Waals surface area contributed by atoms with Crippen molar-refractivity contribution in [2.75, 3.05) is 5.43 Å². The van der Waals surface area contributed by atoms with Gasteiger partial charge in [-0.25, -0.2) is 4.79 Å². The molecule has 0 bridgehead atoms. The van der Waals surface area contributed by atoms with Crippen LogP contribution in [0.15, 0.2) is 21.7 Å².